The van der Waals surface area contributed by atoms with Crippen molar-refractivity contribution in [3.05, 3.63) is 0 Å². The number of likely N-dealkylation sites (tertiary alicyclic amines) is 1. The first-order valence-corrected chi connectivity index (χ1v) is 7.83. The van der Waals surface area contributed by atoms with Crippen molar-refractivity contribution >= 4 is 24.0 Å². The molecule has 1 aliphatic rings. The molecule has 1 N–H and O–H groups in total. The molecule has 6 heteroatoms. The van der Waals surface area contributed by atoms with Crippen LogP contribution in [0.4, 0.5) is 0 Å². The molecule has 22 heavy (non-hydrogen) atoms. The maximum atomic E-state index is 11.7. The highest BCUT2D eigenvalue weighted by Crippen LogP contribution is 2.32. The van der Waals surface area contributed by atoms with Crippen LogP contribution in [0.5, 0.6) is 0 Å². The summed E-state index contributed by atoms with van der Waals surface area (Å²) in [5.74, 6) is -0.307. The van der Waals surface area contributed by atoms with Crippen molar-refractivity contribution in [2.24, 2.45) is 11.3 Å². The Morgan fingerprint density at radius 1 is 1.18 bits per heavy atom. The Morgan fingerprint density at radius 3 is 2.27 bits per heavy atom. The molecule has 1 rings (SSSR count). The van der Waals surface area contributed by atoms with Crippen molar-refractivity contribution in [1.82, 2.24) is 10.2 Å². The Morgan fingerprint density at radius 2 is 1.77 bits per heavy atom. The molecule has 1 heterocycles. The van der Waals surface area contributed by atoms with Crippen LogP contribution in [0, 0.1) is 11.3 Å². The predicted molar refractivity (Wildman–Crippen MR) is 81.8 cm³/mol. The number of hydrogen-bond acceptors (Lipinski definition) is 4. The number of carbonyl (C=O) groups is 4. The molecular weight excluding hydrogens is 284 g/mol. The number of rotatable bonds is 9. The van der Waals surface area contributed by atoms with Gasteiger partial charge in [0.2, 0.25) is 17.7 Å². The van der Waals surface area contributed by atoms with Crippen LogP contribution < -0.4 is 5.32 Å². The second kappa shape index (κ2) is 7.51. The molecule has 6 nitrogen and oxygen atoms in total. The first kappa shape index (κ1) is 18.3. The van der Waals surface area contributed by atoms with Crippen molar-refractivity contribution in [3.8, 4) is 0 Å². The van der Waals surface area contributed by atoms with E-state index in [9.17, 15) is 19.2 Å². The van der Waals surface area contributed by atoms with E-state index in [0.717, 1.165) is 12.7 Å². The Balaban J connectivity index is 2.16. The summed E-state index contributed by atoms with van der Waals surface area (Å²) in [6, 6.07) is -0.439. The van der Waals surface area contributed by atoms with E-state index in [1.165, 1.54) is 4.90 Å². The highest BCUT2D eigenvalue weighted by molar-refractivity contribution is 6.20. The average molecular weight is 310 g/mol. The summed E-state index contributed by atoms with van der Waals surface area (Å²) in [5.41, 5.74) is -0.861. The molecule has 0 aromatic rings. The highest BCUT2D eigenvalue weighted by atomic mass is 16.2. The minimum Gasteiger partial charge on any atom is -0.346 e. The summed E-state index contributed by atoms with van der Waals surface area (Å²) in [4.78, 5) is 47.1. The van der Waals surface area contributed by atoms with Gasteiger partial charge in [0.25, 0.3) is 0 Å². The Hall–Kier alpha value is -1.72. The average Bonchev–Trinajstić information content (AvgIpc) is 2.47. The Bertz CT molecular complexity index is 439. The van der Waals surface area contributed by atoms with E-state index in [1.807, 2.05) is 13.8 Å². The quantitative estimate of drug-likeness (QED) is 0.301. The van der Waals surface area contributed by atoms with Gasteiger partial charge in [-0.05, 0) is 32.6 Å². The Kier molecular flexibility index (Phi) is 6.26. The number of nitrogens with zero attached hydrogens (tertiary/aromatic N) is 1. The van der Waals surface area contributed by atoms with Gasteiger partial charge in [0.05, 0.1) is 6.04 Å². The molecule has 1 saturated heterocycles. The van der Waals surface area contributed by atoms with E-state index >= 15 is 0 Å². The summed E-state index contributed by atoms with van der Waals surface area (Å²) < 4.78 is 0. The monoisotopic (exact) mass is 310 g/mol. The van der Waals surface area contributed by atoms with Gasteiger partial charge >= 0.3 is 0 Å². The lowest BCUT2D eigenvalue weighted by Gasteiger charge is -2.41. The van der Waals surface area contributed by atoms with Crippen LogP contribution in [-0.2, 0) is 19.2 Å². The van der Waals surface area contributed by atoms with E-state index in [1.54, 1.807) is 13.8 Å². The predicted octanol–water partition coefficient (Wildman–Crippen LogP) is 1.28. The van der Waals surface area contributed by atoms with E-state index in [0.29, 0.717) is 25.8 Å². The number of imide groups is 1. The lowest BCUT2D eigenvalue weighted by atomic mass is 9.82. The number of amides is 3. The van der Waals surface area contributed by atoms with Crippen LogP contribution in [0.3, 0.4) is 0 Å². The summed E-state index contributed by atoms with van der Waals surface area (Å²) in [5, 5.41) is 2.69. The third-order valence-corrected chi connectivity index (χ3v) is 4.04. The number of aldehydes is 1. The van der Waals surface area contributed by atoms with Crippen LogP contribution >= 0.6 is 0 Å². The van der Waals surface area contributed by atoms with Gasteiger partial charge in [0, 0.05) is 13.0 Å². The van der Waals surface area contributed by atoms with Gasteiger partial charge in [-0.2, -0.15) is 0 Å². The van der Waals surface area contributed by atoms with Crippen LogP contribution in [0.15, 0.2) is 0 Å². The smallest absolute Gasteiger partial charge is 0.244 e. The van der Waals surface area contributed by atoms with Crippen molar-refractivity contribution in [2.75, 3.05) is 6.54 Å². The largest absolute Gasteiger partial charge is 0.346 e. The summed E-state index contributed by atoms with van der Waals surface area (Å²) in [6.07, 6.45) is 3.24. The molecule has 1 unspecified atom stereocenters. The van der Waals surface area contributed by atoms with Crippen molar-refractivity contribution in [2.45, 2.75) is 59.4 Å². The standard InChI is InChI=1S/C16H26N2O4/c1-11(2)12(10-19)17-13(20)8-6-5-7-9-18-14(21)16(3,4)15(18)22/h10-12H,5-9H2,1-4H3,(H,17,20). The maximum absolute atomic E-state index is 11.7. The zero-order valence-corrected chi connectivity index (χ0v) is 13.8. The zero-order valence-electron chi connectivity index (χ0n) is 13.8. The van der Waals surface area contributed by atoms with Crippen molar-refractivity contribution in [1.29, 1.82) is 0 Å². The van der Waals surface area contributed by atoms with Gasteiger partial charge in [0.1, 0.15) is 11.7 Å². The van der Waals surface area contributed by atoms with Crippen molar-refractivity contribution in [3.63, 3.8) is 0 Å². The van der Waals surface area contributed by atoms with Crippen LogP contribution in [-0.4, -0.2) is 41.5 Å². The molecule has 1 fully saturated rings. The van der Waals surface area contributed by atoms with Crippen LogP contribution in [0.25, 0.3) is 0 Å². The molecule has 1 atom stereocenters. The fourth-order valence-electron chi connectivity index (χ4n) is 2.36. The Labute approximate surface area is 131 Å². The molecule has 0 spiro atoms. The molecule has 3 amide bonds. The third kappa shape index (κ3) is 4.15. The molecule has 124 valence electrons. The highest BCUT2D eigenvalue weighted by Gasteiger charge is 2.53. The molecule has 0 saturated carbocycles. The lowest BCUT2D eigenvalue weighted by molar-refractivity contribution is -0.173. The van der Waals surface area contributed by atoms with Gasteiger partial charge in [0.15, 0.2) is 0 Å². The van der Waals surface area contributed by atoms with E-state index in [-0.39, 0.29) is 23.6 Å². The number of nitrogens with one attached hydrogen (secondary N) is 1. The van der Waals surface area contributed by atoms with Gasteiger partial charge in [-0.1, -0.05) is 20.3 Å². The summed E-state index contributed by atoms with van der Waals surface area (Å²) in [7, 11) is 0. The molecule has 1 aliphatic heterocycles. The first-order valence-electron chi connectivity index (χ1n) is 7.83. The second-order valence-corrected chi connectivity index (χ2v) is 6.67. The molecule has 0 aromatic carbocycles. The maximum Gasteiger partial charge on any atom is 0.244 e. The minimum absolute atomic E-state index is 0.0771. The zero-order chi connectivity index (χ0) is 16.9. The summed E-state index contributed by atoms with van der Waals surface area (Å²) in [6.45, 7) is 7.45. The summed E-state index contributed by atoms with van der Waals surface area (Å²) >= 11 is 0. The third-order valence-electron chi connectivity index (χ3n) is 4.04. The lowest BCUT2D eigenvalue weighted by Crippen LogP contribution is -2.63. The fourth-order valence-corrected chi connectivity index (χ4v) is 2.36. The fraction of sp³-hybridized carbons (Fsp3) is 0.750. The van der Waals surface area contributed by atoms with E-state index < -0.39 is 11.5 Å². The van der Waals surface area contributed by atoms with Crippen LogP contribution in [0.2, 0.25) is 0 Å². The van der Waals surface area contributed by atoms with Crippen molar-refractivity contribution < 1.29 is 19.2 Å². The number of β-lactam (4-membered cyclic amide) rings is 2. The number of unbranched alkanes of at least 4 members (excludes halogenated alkanes) is 2. The van der Waals surface area contributed by atoms with E-state index in [2.05, 4.69) is 5.32 Å². The minimum atomic E-state index is -0.861. The molecular formula is C16H26N2O4. The van der Waals surface area contributed by atoms with Gasteiger partial charge < -0.3 is 10.1 Å². The van der Waals surface area contributed by atoms with Gasteiger partial charge in [-0.25, -0.2) is 0 Å². The number of hydrogen-bond donors (Lipinski definition) is 1. The molecule has 0 aliphatic carbocycles. The molecule has 0 aromatic heterocycles. The van der Waals surface area contributed by atoms with Crippen LogP contribution in [0.1, 0.15) is 53.4 Å². The second-order valence-electron chi connectivity index (χ2n) is 6.67. The van der Waals surface area contributed by atoms with E-state index in [4.69, 9.17) is 0 Å². The molecule has 0 radical (unpaired) electrons. The normalized spacial score (nSPS) is 18.1. The SMILES string of the molecule is CC(C)C(C=O)NC(=O)CCCCCN1C(=O)C(C)(C)C1=O. The topological polar surface area (TPSA) is 83.6 Å². The van der Waals surface area contributed by atoms with Gasteiger partial charge in [-0.3, -0.25) is 19.3 Å². The first-order chi connectivity index (χ1) is 10.2. The molecule has 0 bridgehead atoms. The van der Waals surface area contributed by atoms with Gasteiger partial charge in [-0.15, -0.1) is 0 Å². The number of carbonyl (C=O) groups excluding carboxylic acids is 4.